The standard InChI is InChI=1S/C11H10FN3O2S/c1-15(11-8-13-5-6-14-11)18(16,17)10-4-2-3-9(12)7-10/h2-8H,1H3. The molecule has 5 nitrogen and oxygen atoms in total. The Balaban J connectivity index is 2.44. The summed E-state index contributed by atoms with van der Waals surface area (Å²) in [6, 6.07) is 4.81. The molecule has 0 N–H and O–H groups in total. The first kappa shape index (κ1) is 12.4. The second-order valence-corrected chi connectivity index (χ2v) is 5.46. The third-order valence-corrected chi connectivity index (χ3v) is 4.08. The summed E-state index contributed by atoms with van der Waals surface area (Å²) in [5, 5.41) is 0. The summed E-state index contributed by atoms with van der Waals surface area (Å²) in [6.07, 6.45) is 4.13. The van der Waals surface area contributed by atoms with Gasteiger partial charge in [0.25, 0.3) is 10.0 Å². The molecule has 18 heavy (non-hydrogen) atoms. The van der Waals surface area contributed by atoms with E-state index in [9.17, 15) is 12.8 Å². The lowest BCUT2D eigenvalue weighted by Crippen LogP contribution is -2.27. The number of halogens is 1. The molecular formula is C11H10FN3O2S. The number of benzene rings is 1. The summed E-state index contributed by atoms with van der Waals surface area (Å²) in [5.41, 5.74) is 0. The monoisotopic (exact) mass is 267 g/mol. The van der Waals surface area contributed by atoms with Crippen molar-refractivity contribution in [2.24, 2.45) is 0 Å². The van der Waals surface area contributed by atoms with Crippen LogP contribution in [-0.2, 0) is 10.0 Å². The predicted octanol–water partition coefficient (Wildman–Crippen LogP) is 1.44. The minimum Gasteiger partial charge on any atom is -0.259 e. The van der Waals surface area contributed by atoms with Gasteiger partial charge in [-0.05, 0) is 18.2 Å². The molecule has 0 amide bonds. The smallest absolute Gasteiger partial charge is 0.259 e. The third kappa shape index (κ3) is 2.30. The van der Waals surface area contributed by atoms with E-state index in [4.69, 9.17) is 0 Å². The Morgan fingerprint density at radius 2 is 2.06 bits per heavy atom. The summed E-state index contributed by atoms with van der Waals surface area (Å²) >= 11 is 0. The lowest BCUT2D eigenvalue weighted by molar-refractivity contribution is 0.589. The van der Waals surface area contributed by atoms with Gasteiger partial charge in [-0.15, -0.1) is 0 Å². The van der Waals surface area contributed by atoms with Gasteiger partial charge in [-0.3, -0.25) is 9.29 Å². The van der Waals surface area contributed by atoms with Crippen LogP contribution in [0, 0.1) is 5.82 Å². The molecule has 0 spiro atoms. The van der Waals surface area contributed by atoms with Gasteiger partial charge in [0.2, 0.25) is 0 Å². The highest BCUT2D eigenvalue weighted by Gasteiger charge is 2.22. The first-order valence-electron chi connectivity index (χ1n) is 5.02. The zero-order valence-electron chi connectivity index (χ0n) is 9.49. The topological polar surface area (TPSA) is 63.2 Å². The van der Waals surface area contributed by atoms with Gasteiger partial charge in [0.1, 0.15) is 5.82 Å². The fourth-order valence-electron chi connectivity index (χ4n) is 1.36. The molecule has 2 aromatic rings. The van der Waals surface area contributed by atoms with E-state index in [1.54, 1.807) is 0 Å². The Bertz CT molecular complexity index is 646. The maximum absolute atomic E-state index is 13.1. The number of hydrogen-bond donors (Lipinski definition) is 0. The quantitative estimate of drug-likeness (QED) is 0.844. The van der Waals surface area contributed by atoms with E-state index >= 15 is 0 Å². The molecule has 0 fully saturated rings. The normalized spacial score (nSPS) is 11.2. The van der Waals surface area contributed by atoms with Crippen molar-refractivity contribution in [1.29, 1.82) is 0 Å². The van der Waals surface area contributed by atoms with Crippen LogP contribution < -0.4 is 4.31 Å². The SMILES string of the molecule is CN(c1cnccn1)S(=O)(=O)c1cccc(F)c1. The Morgan fingerprint density at radius 3 is 2.67 bits per heavy atom. The van der Waals surface area contributed by atoms with Crippen LogP contribution in [0.5, 0.6) is 0 Å². The van der Waals surface area contributed by atoms with Crippen molar-refractivity contribution in [3.8, 4) is 0 Å². The van der Waals surface area contributed by atoms with Crippen LogP contribution in [0.15, 0.2) is 47.8 Å². The van der Waals surface area contributed by atoms with Crippen LogP contribution >= 0.6 is 0 Å². The summed E-state index contributed by atoms with van der Waals surface area (Å²) in [7, 11) is -2.49. The zero-order chi connectivity index (χ0) is 13.2. The molecule has 0 unspecified atom stereocenters. The molecule has 0 saturated heterocycles. The summed E-state index contributed by atoms with van der Waals surface area (Å²) in [5.74, 6) is -0.439. The van der Waals surface area contributed by atoms with E-state index in [2.05, 4.69) is 9.97 Å². The number of hydrogen-bond acceptors (Lipinski definition) is 4. The summed E-state index contributed by atoms with van der Waals surface area (Å²) in [6.45, 7) is 0. The molecular weight excluding hydrogens is 257 g/mol. The van der Waals surface area contributed by atoms with E-state index in [-0.39, 0.29) is 10.7 Å². The maximum Gasteiger partial charge on any atom is 0.265 e. The van der Waals surface area contributed by atoms with Crippen LogP contribution in [0.3, 0.4) is 0 Å². The molecule has 1 aromatic heterocycles. The second kappa shape index (κ2) is 4.69. The Labute approximate surface area is 104 Å². The van der Waals surface area contributed by atoms with Crippen LogP contribution in [0.1, 0.15) is 0 Å². The Morgan fingerprint density at radius 1 is 1.28 bits per heavy atom. The van der Waals surface area contributed by atoms with Crippen molar-refractivity contribution in [3.05, 3.63) is 48.7 Å². The van der Waals surface area contributed by atoms with Crippen molar-refractivity contribution in [1.82, 2.24) is 9.97 Å². The average Bonchev–Trinajstić information content (AvgIpc) is 2.39. The lowest BCUT2D eigenvalue weighted by Gasteiger charge is -2.17. The second-order valence-electron chi connectivity index (χ2n) is 3.49. The fraction of sp³-hybridized carbons (Fsp3) is 0.0909. The molecule has 0 atom stereocenters. The largest absolute Gasteiger partial charge is 0.265 e. The molecule has 0 aliphatic carbocycles. The van der Waals surface area contributed by atoms with E-state index in [1.165, 1.54) is 43.8 Å². The first-order valence-corrected chi connectivity index (χ1v) is 6.46. The molecule has 94 valence electrons. The van der Waals surface area contributed by atoms with E-state index in [1.807, 2.05) is 0 Å². The molecule has 0 aliphatic rings. The van der Waals surface area contributed by atoms with Gasteiger partial charge in [-0.1, -0.05) is 6.07 Å². The number of sulfonamides is 1. The molecule has 0 aliphatic heterocycles. The number of nitrogens with zero attached hydrogens (tertiary/aromatic N) is 3. The molecule has 2 rings (SSSR count). The van der Waals surface area contributed by atoms with Gasteiger partial charge in [0.15, 0.2) is 5.82 Å². The van der Waals surface area contributed by atoms with Crippen LogP contribution in [0.2, 0.25) is 0 Å². The molecule has 0 bridgehead atoms. The van der Waals surface area contributed by atoms with Crippen LogP contribution in [-0.4, -0.2) is 25.4 Å². The van der Waals surface area contributed by atoms with Crippen molar-refractivity contribution in [2.45, 2.75) is 4.90 Å². The predicted molar refractivity (Wildman–Crippen MR) is 64.0 cm³/mol. The van der Waals surface area contributed by atoms with E-state index < -0.39 is 15.8 Å². The fourth-order valence-corrected chi connectivity index (χ4v) is 2.53. The minimum absolute atomic E-state index is 0.129. The molecule has 0 radical (unpaired) electrons. The number of anilines is 1. The maximum atomic E-state index is 13.1. The van der Waals surface area contributed by atoms with E-state index in [0.717, 1.165) is 10.4 Å². The summed E-state index contributed by atoms with van der Waals surface area (Å²) < 4.78 is 38.4. The van der Waals surface area contributed by atoms with Gasteiger partial charge in [0, 0.05) is 19.4 Å². The average molecular weight is 267 g/mol. The summed E-state index contributed by atoms with van der Waals surface area (Å²) in [4.78, 5) is 7.54. The van der Waals surface area contributed by atoms with Gasteiger partial charge >= 0.3 is 0 Å². The molecule has 0 saturated carbocycles. The highest BCUT2D eigenvalue weighted by Crippen LogP contribution is 2.19. The Hall–Kier alpha value is -2.02. The van der Waals surface area contributed by atoms with Crippen LogP contribution in [0.25, 0.3) is 0 Å². The van der Waals surface area contributed by atoms with Gasteiger partial charge in [-0.25, -0.2) is 17.8 Å². The first-order chi connectivity index (χ1) is 8.51. The molecule has 1 aromatic carbocycles. The zero-order valence-corrected chi connectivity index (χ0v) is 10.3. The highest BCUT2D eigenvalue weighted by molar-refractivity contribution is 7.92. The molecule has 1 heterocycles. The Kier molecular flexibility index (Phi) is 3.24. The van der Waals surface area contributed by atoms with Gasteiger partial charge in [-0.2, -0.15) is 0 Å². The van der Waals surface area contributed by atoms with Crippen LogP contribution in [0.4, 0.5) is 10.2 Å². The third-order valence-electron chi connectivity index (χ3n) is 2.33. The van der Waals surface area contributed by atoms with Crippen molar-refractivity contribution >= 4 is 15.8 Å². The minimum atomic E-state index is -3.82. The molecule has 7 heteroatoms. The number of aromatic nitrogens is 2. The van der Waals surface area contributed by atoms with E-state index in [0.29, 0.717) is 0 Å². The van der Waals surface area contributed by atoms with Crippen molar-refractivity contribution < 1.29 is 12.8 Å². The lowest BCUT2D eigenvalue weighted by atomic mass is 10.4. The number of rotatable bonds is 3. The van der Waals surface area contributed by atoms with Crippen molar-refractivity contribution in [3.63, 3.8) is 0 Å². The van der Waals surface area contributed by atoms with Gasteiger partial charge in [0.05, 0.1) is 11.1 Å². The van der Waals surface area contributed by atoms with Crippen molar-refractivity contribution in [2.75, 3.05) is 11.4 Å². The highest BCUT2D eigenvalue weighted by atomic mass is 32.2. The van der Waals surface area contributed by atoms with Gasteiger partial charge < -0.3 is 0 Å².